The van der Waals surface area contributed by atoms with Crippen molar-refractivity contribution < 1.29 is 9.53 Å². The van der Waals surface area contributed by atoms with Crippen LogP contribution in [-0.2, 0) is 16.0 Å². The molecule has 0 bridgehead atoms. The predicted molar refractivity (Wildman–Crippen MR) is 73.2 cm³/mol. The average Bonchev–Trinajstić information content (AvgIpc) is 2.41. The Bertz CT molecular complexity index is 457. The number of aryl methyl sites for hydroxylation is 1. The average molecular weight is 267 g/mol. The van der Waals surface area contributed by atoms with Gasteiger partial charge in [0.15, 0.2) is 0 Å². The van der Waals surface area contributed by atoms with Crippen molar-refractivity contribution >= 4 is 11.8 Å². The highest BCUT2D eigenvalue weighted by Gasteiger charge is 2.01. The number of rotatable bonds is 8. The van der Waals surface area contributed by atoms with E-state index in [4.69, 9.17) is 0 Å². The second-order valence-electron chi connectivity index (χ2n) is 4.24. The van der Waals surface area contributed by atoms with E-state index < -0.39 is 0 Å². The van der Waals surface area contributed by atoms with Crippen molar-refractivity contribution in [3.05, 3.63) is 22.2 Å². The van der Waals surface area contributed by atoms with Crippen LogP contribution in [0.2, 0.25) is 0 Å². The summed E-state index contributed by atoms with van der Waals surface area (Å²) in [7, 11) is 1.40. The van der Waals surface area contributed by atoms with Crippen LogP contribution in [0.15, 0.2) is 10.9 Å². The highest BCUT2D eigenvalue weighted by molar-refractivity contribution is 5.68. The number of hydrogen-bond acceptors (Lipinski definition) is 5. The van der Waals surface area contributed by atoms with Crippen molar-refractivity contribution in [2.45, 2.75) is 39.0 Å². The number of aromatic amines is 1. The zero-order valence-electron chi connectivity index (χ0n) is 11.5. The van der Waals surface area contributed by atoms with Gasteiger partial charge in [-0.1, -0.05) is 13.3 Å². The third-order valence-corrected chi connectivity index (χ3v) is 2.72. The second kappa shape index (κ2) is 8.29. The normalized spacial score (nSPS) is 10.2. The lowest BCUT2D eigenvalue weighted by Crippen LogP contribution is -2.14. The van der Waals surface area contributed by atoms with Crippen molar-refractivity contribution in [1.29, 1.82) is 0 Å². The van der Waals surface area contributed by atoms with Crippen LogP contribution in [0.3, 0.4) is 0 Å². The Morgan fingerprint density at radius 3 is 2.89 bits per heavy atom. The summed E-state index contributed by atoms with van der Waals surface area (Å²) in [4.78, 5) is 29.2. The van der Waals surface area contributed by atoms with E-state index in [0.29, 0.717) is 24.5 Å². The molecule has 6 heteroatoms. The molecule has 1 aromatic heterocycles. The van der Waals surface area contributed by atoms with Crippen LogP contribution in [0.1, 0.15) is 38.4 Å². The molecule has 1 aromatic rings. The summed E-state index contributed by atoms with van der Waals surface area (Å²) in [6.45, 7) is 2.68. The minimum Gasteiger partial charge on any atom is -0.469 e. The third-order valence-electron chi connectivity index (χ3n) is 2.72. The number of nitrogens with zero attached hydrogens (tertiary/aromatic N) is 1. The van der Waals surface area contributed by atoms with E-state index in [1.807, 2.05) is 6.92 Å². The number of unbranched alkanes of at least 4 members (excludes halogenated alkanes) is 2. The van der Waals surface area contributed by atoms with E-state index in [-0.39, 0.29) is 11.5 Å². The fraction of sp³-hybridized carbons (Fsp3) is 0.615. The third kappa shape index (κ3) is 6.03. The van der Waals surface area contributed by atoms with E-state index in [2.05, 4.69) is 20.0 Å². The molecule has 0 saturated heterocycles. The molecule has 0 unspecified atom stereocenters. The Hall–Kier alpha value is -1.85. The molecule has 0 amide bonds. The molecule has 106 valence electrons. The van der Waals surface area contributed by atoms with Crippen LogP contribution in [0.4, 0.5) is 5.82 Å². The van der Waals surface area contributed by atoms with E-state index in [0.717, 1.165) is 25.8 Å². The van der Waals surface area contributed by atoms with Gasteiger partial charge in [-0.15, -0.1) is 0 Å². The number of ether oxygens (including phenoxy) is 1. The lowest BCUT2D eigenvalue weighted by Gasteiger charge is -2.06. The van der Waals surface area contributed by atoms with Crippen LogP contribution >= 0.6 is 0 Å². The van der Waals surface area contributed by atoms with Gasteiger partial charge in [0.2, 0.25) is 0 Å². The first-order valence-corrected chi connectivity index (χ1v) is 6.56. The monoisotopic (exact) mass is 267 g/mol. The Labute approximate surface area is 112 Å². The lowest BCUT2D eigenvalue weighted by molar-refractivity contribution is -0.140. The first-order chi connectivity index (χ1) is 9.15. The maximum Gasteiger partial charge on any atom is 0.305 e. The van der Waals surface area contributed by atoms with Crippen LogP contribution in [-0.4, -0.2) is 29.6 Å². The number of esters is 1. The largest absolute Gasteiger partial charge is 0.469 e. The molecule has 0 fully saturated rings. The summed E-state index contributed by atoms with van der Waals surface area (Å²) in [5.41, 5.74) is -0.139. The molecule has 0 aromatic carbocycles. The SMILES string of the molecule is CCc1nc(NCCCCCC(=O)OC)cc(=O)[nH]1. The van der Waals surface area contributed by atoms with Crippen LogP contribution in [0, 0.1) is 0 Å². The van der Waals surface area contributed by atoms with Gasteiger partial charge in [-0.25, -0.2) is 4.98 Å². The number of anilines is 1. The topological polar surface area (TPSA) is 84.1 Å². The second-order valence-corrected chi connectivity index (χ2v) is 4.24. The molecular formula is C13H21N3O3. The summed E-state index contributed by atoms with van der Waals surface area (Å²) in [5, 5.41) is 3.12. The van der Waals surface area contributed by atoms with Gasteiger partial charge in [-0.3, -0.25) is 9.59 Å². The number of aromatic nitrogens is 2. The molecule has 0 saturated carbocycles. The highest BCUT2D eigenvalue weighted by atomic mass is 16.5. The minimum atomic E-state index is -0.170. The van der Waals surface area contributed by atoms with E-state index in [1.165, 1.54) is 13.2 Å². The van der Waals surface area contributed by atoms with Gasteiger partial charge in [0.05, 0.1) is 7.11 Å². The molecule has 1 rings (SSSR count). The fourth-order valence-corrected chi connectivity index (χ4v) is 1.66. The Kier molecular flexibility index (Phi) is 6.63. The quantitative estimate of drug-likeness (QED) is 0.550. The molecule has 0 radical (unpaired) electrons. The first-order valence-electron chi connectivity index (χ1n) is 6.56. The van der Waals surface area contributed by atoms with Crippen molar-refractivity contribution in [2.24, 2.45) is 0 Å². The fourth-order valence-electron chi connectivity index (χ4n) is 1.66. The van der Waals surface area contributed by atoms with Gasteiger partial charge in [0.25, 0.3) is 5.56 Å². The molecular weight excluding hydrogens is 246 g/mol. The zero-order chi connectivity index (χ0) is 14.1. The Balaban J connectivity index is 2.24. The van der Waals surface area contributed by atoms with Crippen molar-refractivity contribution in [2.75, 3.05) is 19.0 Å². The summed E-state index contributed by atoms with van der Waals surface area (Å²) in [6, 6.07) is 1.45. The van der Waals surface area contributed by atoms with Gasteiger partial charge < -0.3 is 15.0 Å². The first kappa shape index (κ1) is 15.2. The van der Waals surface area contributed by atoms with Gasteiger partial charge in [-0.05, 0) is 12.8 Å². The van der Waals surface area contributed by atoms with Crippen molar-refractivity contribution in [3.63, 3.8) is 0 Å². The maximum atomic E-state index is 11.3. The summed E-state index contributed by atoms with van der Waals surface area (Å²) >= 11 is 0. The van der Waals surface area contributed by atoms with Crippen LogP contribution < -0.4 is 10.9 Å². The standard InChI is InChI=1S/C13H21N3O3/c1-3-10-15-11(9-12(17)16-10)14-8-6-4-5-7-13(18)19-2/h9H,3-8H2,1-2H3,(H2,14,15,16,17). The minimum absolute atomic E-state index is 0.139. The molecule has 1 heterocycles. The molecule has 0 aliphatic carbocycles. The zero-order valence-corrected chi connectivity index (χ0v) is 11.5. The summed E-state index contributed by atoms with van der Waals surface area (Å²) < 4.78 is 4.56. The molecule has 6 nitrogen and oxygen atoms in total. The number of carbonyl (C=O) groups is 1. The molecule has 0 aliphatic rings. The number of nitrogens with one attached hydrogen (secondary N) is 2. The maximum absolute atomic E-state index is 11.3. The smallest absolute Gasteiger partial charge is 0.305 e. The molecule has 0 atom stereocenters. The number of carbonyl (C=O) groups excluding carboxylic acids is 1. The summed E-state index contributed by atoms with van der Waals surface area (Å²) in [6.07, 6.45) is 3.83. The molecule has 2 N–H and O–H groups in total. The van der Waals surface area contributed by atoms with Crippen LogP contribution in [0.5, 0.6) is 0 Å². The summed E-state index contributed by atoms with van der Waals surface area (Å²) in [5.74, 6) is 1.12. The van der Waals surface area contributed by atoms with Crippen LogP contribution in [0.25, 0.3) is 0 Å². The molecule has 0 aliphatic heterocycles. The van der Waals surface area contributed by atoms with E-state index >= 15 is 0 Å². The molecule has 0 spiro atoms. The Morgan fingerprint density at radius 2 is 2.21 bits per heavy atom. The van der Waals surface area contributed by atoms with Crippen molar-refractivity contribution in [1.82, 2.24) is 9.97 Å². The van der Waals surface area contributed by atoms with Gasteiger partial charge in [0, 0.05) is 25.5 Å². The Morgan fingerprint density at radius 1 is 1.42 bits per heavy atom. The van der Waals surface area contributed by atoms with Gasteiger partial charge in [0.1, 0.15) is 11.6 Å². The van der Waals surface area contributed by atoms with E-state index in [9.17, 15) is 9.59 Å². The van der Waals surface area contributed by atoms with E-state index in [1.54, 1.807) is 0 Å². The molecule has 19 heavy (non-hydrogen) atoms. The lowest BCUT2D eigenvalue weighted by atomic mass is 10.2. The number of hydrogen-bond donors (Lipinski definition) is 2. The highest BCUT2D eigenvalue weighted by Crippen LogP contribution is 2.03. The number of methoxy groups -OCH3 is 1. The van der Waals surface area contributed by atoms with Gasteiger partial charge in [-0.2, -0.15) is 0 Å². The van der Waals surface area contributed by atoms with Gasteiger partial charge >= 0.3 is 5.97 Å². The number of H-pyrrole nitrogens is 1. The van der Waals surface area contributed by atoms with Crippen molar-refractivity contribution in [3.8, 4) is 0 Å². The predicted octanol–water partition coefficient (Wildman–Crippen LogP) is 1.48.